The highest BCUT2D eigenvalue weighted by molar-refractivity contribution is 8.00. The van der Waals surface area contributed by atoms with E-state index in [-0.39, 0.29) is 17.1 Å². The predicted octanol–water partition coefficient (Wildman–Crippen LogP) is 5.00. The van der Waals surface area contributed by atoms with Gasteiger partial charge in [-0.2, -0.15) is 0 Å². The molecule has 0 saturated carbocycles. The molecule has 3 aromatic rings. The number of ether oxygens (including phenoxy) is 1. The second kappa shape index (κ2) is 10.5. The van der Waals surface area contributed by atoms with Gasteiger partial charge in [-0.05, 0) is 42.8 Å². The zero-order valence-corrected chi connectivity index (χ0v) is 17.7. The van der Waals surface area contributed by atoms with E-state index in [1.165, 1.54) is 11.8 Å². The highest BCUT2D eigenvalue weighted by atomic mass is 32.2. The molecule has 2 amide bonds. The molecule has 0 heterocycles. The van der Waals surface area contributed by atoms with Crippen molar-refractivity contribution in [1.29, 1.82) is 0 Å². The number of nitrogens with one attached hydrogen (secondary N) is 2. The fraction of sp³-hybridized carbons (Fsp3) is 0.167. The van der Waals surface area contributed by atoms with E-state index in [1.807, 2.05) is 73.7 Å². The van der Waals surface area contributed by atoms with Crippen molar-refractivity contribution in [2.75, 3.05) is 17.7 Å². The summed E-state index contributed by atoms with van der Waals surface area (Å²) in [5, 5.41) is 5.49. The molecular formula is C24H24N2O3S. The Morgan fingerprint density at radius 1 is 0.933 bits per heavy atom. The Morgan fingerprint density at radius 3 is 2.43 bits per heavy atom. The number of hydrogen-bond donors (Lipinski definition) is 2. The van der Waals surface area contributed by atoms with Crippen LogP contribution in [-0.4, -0.2) is 24.2 Å². The van der Waals surface area contributed by atoms with E-state index < -0.39 is 0 Å². The molecule has 0 aliphatic heterocycles. The Bertz CT molecular complexity index is 1010. The van der Waals surface area contributed by atoms with Crippen molar-refractivity contribution in [2.45, 2.75) is 23.5 Å². The maximum absolute atomic E-state index is 12.6. The van der Waals surface area contributed by atoms with E-state index in [0.29, 0.717) is 23.5 Å². The summed E-state index contributed by atoms with van der Waals surface area (Å²) in [4.78, 5) is 25.8. The van der Waals surface area contributed by atoms with Gasteiger partial charge in [0, 0.05) is 10.6 Å². The van der Waals surface area contributed by atoms with Crippen LogP contribution in [0, 0.1) is 0 Å². The topological polar surface area (TPSA) is 67.4 Å². The van der Waals surface area contributed by atoms with Crippen molar-refractivity contribution in [3.63, 3.8) is 0 Å². The van der Waals surface area contributed by atoms with Crippen molar-refractivity contribution in [3.8, 4) is 5.75 Å². The third kappa shape index (κ3) is 6.12. The number of amides is 2. The summed E-state index contributed by atoms with van der Waals surface area (Å²) >= 11 is 1.43. The van der Waals surface area contributed by atoms with Crippen molar-refractivity contribution in [1.82, 2.24) is 0 Å². The zero-order chi connectivity index (χ0) is 21.3. The number of thioether (sulfide) groups is 1. The highest BCUT2D eigenvalue weighted by Crippen LogP contribution is 2.28. The number of methoxy groups -OCH3 is 1. The molecule has 0 saturated heterocycles. The number of carbonyl (C=O) groups excluding carboxylic acids is 2. The van der Waals surface area contributed by atoms with Gasteiger partial charge in [-0.15, -0.1) is 11.8 Å². The summed E-state index contributed by atoms with van der Waals surface area (Å²) in [6, 6.07) is 24.4. The maximum atomic E-state index is 12.6. The molecule has 1 unspecified atom stereocenters. The van der Waals surface area contributed by atoms with Gasteiger partial charge in [-0.1, -0.05) is 48.5 Å². The standard InChI is InChI=1S/C24H24N2O3S/c1-17(24(28)26-21-13-6-7-14-22(21)29-2)30-20-12-8-11-19(16-20)25-23(27)15-18-9-4-3-5-10-18/h3-14,16-17H,15H2,1-2H3,(H,25,27)(H,26,28). The molecule has 0 bridgehead atoms. The van der Waals surface area contributed by atoms with E-state index in [4.69, 9.17) is 4.74 Å². The molecule has 6 heteroatoms. The molecule has 5 nitrogen and oxygen atoms in total. The van der Waals surface area contributed by atoms with Crippen LogP contribution in [0.1, 0.15) is 12.5 Å². The Hall–Kier alpha value is -3.25. The molecule has 3 aromatic carbocycles. The van der Waals surface area contributed by atoms with Gasteiger partial charge in [0.25, 0.3) is 0 Å². The van der Waals surface area contributed by atoms with Crippen LogP contribution in [0.5, 0.6) is 5.75 Å². The Labute approximate surface area is 180 Å². The maximum Gasteiger partial charge on any atom is 0.237 e. The fourth-order valence-electron chi connectivity index (χ4n) is 2.87. The Morgan fingerprint density at radius 2 is 1.67 bits per heavy atom. The summed E-state index contributed by atoms with van der Waals surface area (Å²) in [6.07, 6.45) is 0.315. The van der Waals surface area contributed by atoms with E-state index >= 15 is 0 Å². The fourth-order valence-corrected chi connectivity index (χ4v) is 3.80. The second-order valence-corrected chi connectivity index (χ2v) is 8.10. The van der Waals surface area contributed by atoms with Crippen molar-refractivity contribution >= 4 is 35.0 Å². The molecule has 0 fully saturated rings. The van der Waals surface area contributed by atoms with Crippen molar-refractivity contribution < 1.29 is 14.3 Å². The van der Waals surface area contributed by atoms with Gasteiger partial charge < -0.3 is 15.4 Å². The number of rotatable bonds is 8. The minimum atomic E-state index is -0.329. The lowest BCUT2D eigenvalue weighted by Crippen LogP contribution is -2.22. The molecule has 0 radical (unpaired) electrons. The van der Waals surface area contributed by atoms with E-state index in [9.17, 15) is 9.59 Å². The molecule has 3 rings (SSSR count). The lowest BCUT2D eigenvalue weighted by Gasteiger charge is -2.14. The van der Waals surface area contributed by atoms with E-state index in [1.54, 1.807) is 19.2 Å². The van der Waals surface area contributed by atoms with Crippen LogP contribution in [0.3, 0.4) is 0 Å². The van der Waals surface area contributed by atoms with E-state index in [0.717, 1.165) is 10.5 Å². The third-order valence-corrected chi connectivity index (χ3v) is 5.47. The van der Waals surface area contributed by atoms with Gasteiger partial charge in [0.1, 0.15) is 5.75 Å². The quantitative estimate of drug-likeness (QED) is 0.504. The SMILES string of the molecule is COc1ccccc1NC(=O)C(C)Sc1cccc(NC(=O)Cc2ccccc2)c1. The molecule has 0 aliphatic carbocycles. The summed E-state index contributed by atoms with van der Waals surface area (Å²) in [5.74, 6) is 0.416. The summed E-state index contributed by atoms with van der Waals surface area (Å²) in [7, 11) is 1.57. The number of benzene rings is 3. The van der Waals surface area contributed by atoms with Crippen molar-refractivity contribution in [3.05, 3.63) is 84.4 Å². The van der Waals surface area contributed by atoms with Gasteiger partial charge in [0.05, 0.1) is 24.5 Å². The van der Waals surface area contributed by atoms with Crippen LogP contribution in [0.2, 0.25) is 0 Å². The molecule has 0 spiro atoms. The lowest BCUT2D eigenvalue weighted by molar-refractivity contribution is -0.116. The average molecular weight is 421 g/mol. The minimum Gasteiger partial charge on any atom is -0.495 e. The highest BCUT2D eigenvalue weighted by Gasteiger charge is 2.16. The molecule has 154 valence electrons. The third-order valence-electron chi connectivity index (χ3n) is 4.37. The lowest BCUT2D eigenvalue weighted by atomic mass is 10.1. The number of hydrogen-bond acceptors (Lipinski definition) is 4. The number of para-hydroxylation sites is 2. The van der Waals surface area contributed by atoms with E-state index in [2.05, 4.69) is 10.6 Å². The van der Waals surface area contributed by atoms with Crippen LogP contribution in [0.25, 0.3) is 0 Å². The molecular weight excluding hydrogens is 396 g/mol. The molecule has 1 atom stereocenters. The van der Waals surface area contributed by atoms with Crippen LogP contribution in [-0.2, 0) is 16.0 Å². The average Bonchev–Trinajstić information content (AvgIpc) is 2.75. The van der Waals surface area contributed by atoms with Gasteiger partial charge in [-0.25, -0.2) is 0 Å². The van der Waals surface area contributed by atoms with Crippen LogP contribution in [0.4, 0.5) is 11.4 Å². The van der Waals surface area contributed by atoms with Crippen LogP contribution in [0.15, 0.2) is 83.8 Å². The first-order chi connectivity index (χ1) is 14.5. The van der Waals surface area contributed by atoms with Gasteiger partial charge >= 0.3 is 0 Å². The molecule has 0 aromatic heterocycles. The van der Waals surface area contributed by atoms with Gasteiger partial charge in [0.2, 0.25) is 11.8 Å². The van der Waals surface area contributed by atoms with Crippen LogP contribution < -0.4 is 15.4 Å². The predicted molar refractivity (Wildman–Crippen MR) is 122 cm³/mol. The number of carbonyl (C=O) groups is 2. The monoisotopic (exact) mass is 420 g/mol. The first kappa shape index (κ1) is 21.5. The Balaban J connectivity index is 1.58. The zero-order valence-electron chi connectivity index (χ0n) is 16.9. The van der Waals surface area contributed by atoms with Crippen LogP contribution >= 0.6 is 11.8 Å². The number of anilines is 2. The van der Waals surface area contributed by atoms with Crippen molar-refractivity contribution in [2.24, 2.45) is 0 Å². The van der Waals surface area contributed by atoms with Gasteiger partial charge in [0.15, 0.2) is 0 Å². The summed E-state index contributed by atoms with van der Waals surface area (Å²) in [5.41, 5.74) is 2.31. The first-order valence-corrected chi connectivity index (χ1v) is 10.5. The summed E-state index contributed by atoms with van der Waals surface area (Å²) < 4.78 is 5.28. The summed E-state index contributed by atoms with van der Waals surface area (Å²) in [6.45, 7) is 1.84. The molecule has 2 N–H and O–H groups in total. The second-order valence-electron chi connectivity index (χ2n) is 6.69. The Kier molecular flexibility index (Phi) is 7.51. The van der Waals surface area contributed by atoms with Gasteiger partial charge in [-0.3, -0.25) is 9.59 Å². The minimum absolute atomic E-state index is 0.0784. The largest absolute Gasteiger partial charge is 0.495 e. The smallest absolute Gasteiger partial charge is 0.237 e. The normalized spacial score (nSPS) is 11.4. The molecule has 30 heavy (non-hydrogen) atoms. The molecule has 0 aliphatic rings. The first-order valence-electron chi connectivity index (χ1n) is 9.59.